The van der Waals surface area contributed by atoms with E-state index in [0.717, 1.165) is 32.5 Å². The molecule has 0 saturated carbocycles. The molecule has 0 aromatic carbocycles. The van der Waals surface area contributed by atoms with Crippen LogP contribution in [0.3, 0.4) is 0 Å². The molecule has 0 radical (unpaired) electrons. The van der Waals surface area contributed by atoms with Gasteiger partial charge in [-0.2, -0.15) is 0 Å². The standard InChI is InChI=1S/C10H19NO/c1-2-3-7-11-8-6-10-5-4-9-12-10/h2,10-11H,1,3-9H2. The molecule has 1 aliphatic rings. The van der Waals surface area contributed by atoms with Gasteiger partial charge in [-0.3, -0.25) is 0 Å². The van der Waals surface area contributed by atoms with Crippen LogP contribution in [0.4, 0.5) is 0 Å². The topological polar surface area (TPSA) is 21.3 Å². The van der Waals surface area contributed by atoms with Crippen LogP contribution in [-0.4, -0.2) is 25.8 Å². The van der Waals surface area contributed by atoms with E-state index in [-0.39, 0.29) is 0 Å². The first-order chi connectivity index (χ1) is 5.93. The van der Waals surface area contributed by atoms with Gasteiger partial charge in [-0.1, -0.05) is 6.08 Å². The van der Waals surface area contributed by atoms with Crippen LogP contribution in [0, 0.1) is 0 Å². The second-order valence-electron chi connectivity index (χ2n) is 3.25. The molecule has 0 amide bonds. The molecule has 1 fully saturated rings. The van der Waals surface area contributed by atoms with Crippen molar-refractivity contribution in [3.8, 4) is 0 Å². The second kappa shape index (κ2) is 6.21. The van der Waals surface area contributed by atoms with Crippen molar-refractivity contribution < 1.29 is 4.74 Å². The molecule has 12 heavy (non-hydrogen) atoms. The highest BCUT2D eigenvalue weighted by atomic mass is 16.5. The summed E-state index contributed by atoms with van der Waals surface area (Å²) >= 11 is 0. The Kier molecular flexibility index (Phi) is 5.04. The maximum atomic E-state index is 5.50. The van der Waals surface area contributed by atoms with E-state index in [0.29, 0.717) is 6.10 Å². The predicted molar refractivity (Wildman–Crippen MR) is 51.3 cm³/mol. The average Bonchev–Trinajstić information content (AvgIpc) is 2.57. The third kappa shape index (κ3) is 3.88. The minimum atomic E-state index is 0.529. The molecule has 2 nitrogen and oxygen atoms in total. The van der Waals surface area contributed by atoms with Crippen LogP contribution >= 0.6 is 0 Å². The SMILES string of the molecule is C=CCCNCCC1CCCO1. The molecule has 0 aromatic rings. The highest BCUT2D eigenvalue weighted by molar-refractivity contribution is 4.69. The van der Waals surface area contributed by atoms with Gasteiger partial charge in [0, 0.05) is 6.61 Å². The van der Waals surface area contributed by atoms with Crippen molar-refractivity contribution in [3.63, 3.8) is 0 Å². The van der Waals surface area contributed by atoms with Crippen molar-refractivity contribution in [1.29, 1.82) is 0 Å². The Hall–Kier alpha value is -0.340. The lowest BCUT2D eigenvalue weighted by atomic mass is 10.2. The number of hydrogen-bond donors (Lipinski definition) is 1. The Morgan fingerprint density at radius 1 is 1.50 bits per heavy atom. The Morgan fingerprint density at radius 2 is 2.42 bits per heavy atom. The summed E-state index contributed by atoms with van der Waals surface area (Å²) in [6.07, 6.45) is 7.20. The molecule has 1 saturated heterocycles. The summed E-state index contributed by atoms with van der Waals surface area (Å²) in [4.78, 5) is 0. The lowest BCUT2D eigenvalue weighted by molar-refractivity contribution is 0.104. The zero-order valence-electron chi connectivity index (χ0n) is 7.72. The molecule has 1 atom stereocenters. The molecule has 70 valence electrons. The quantitative estimate of drug-likeness (QED) is 0.483. The van der Waals surface area contributed by atoms with Crippen molar-refractivity contribution in [3.05, 3.63) is 12.7 Å². The lowest BCUT2D eigenvalue weighted by Crippen LogP contribution is -2.20. The Labute approximate surface area is 75.0 Å². The van der Waals surface area contributed by atoms with Crippen molar-refractivity contribution >= 4 is 0 Å². The molecular weight excluding hydrogens is 150 g/mol. The van der Waals surface area contributed by atoms with Crippen LogP contribution in [0.15, 0.2) is 12.7 Å². The number of nitrogens with one attached hydrogen (secondary N) is 1. The van der Waals surface area contributed by atoms with Gasteiger partial charge in [-0.25, -0.2) is 0 Å². The van der Waals surface area contributed by atoms with Crippen molar-refractivity contribution in [2.24, 2.45) is 0 Å². The summed E-state index contributed by atoms with van der Waals surface area (Å²) < 4.78 is 5.50. The molecular formula is C10H19NO. The van der Waals surface area contributed by atoms with E-state index in [2.05, 4.69) is 11.9 Å². The fourth-order valence-corrected chi connectivity index (χ4v) is 1.46. The van der Waals surface area contributed by atoms with Gasteiger partial charge in [0.2, 0.25) is 0 Å². The van der Waals surface area contributed by atoms with Crippen molar-refractivity contribution in [2.45, 2.75) is 31.8 Å². The molecule has 0 aromatic heterocycles. The van der Waals surface area contributed by atoms with Gasteiger partial charge >= 0.3 is 0 Å². The zero-order valence-corrected chi connectivity index (χ0v) is 7.72. The largest absolute Gasteiger partial charge is 0.378 e. The summed E-state index contributed by atoms with van der Waals surface area (Å²) in [5, 5.41) is 3.36. The van der Waals surface area contributed by atoms with E-state index in [4.69, 9.17) is 4.74 Å². The van der Waals surface area contributed by atoms with Gasteiger partial charge in [0.25, 0.3) is 0 Å². The first-order valence-electron chi connectivity index (χ1n) is 4.86. The Balaban J connectivity index is 1.84. The molecule has 1 N–H and O–H groups in total. The molecule has 2 heteroatoms. The van der Waals surface area contributed by atoms with E-state index < -0.39 is 0 Å². The van der Waals surface area contributed by atoms with Crippen LogP contribution in [-0.2, 0) is 4.74 Å². The highest BCUT2D eigenvalue weighted by Crippen LogP contribution is 2.14. The van der Waals surface area contributed by atoms with Crippen molar-refractivity contribution in [1.82, 2.24) is 5.32 Å². The normalized spacial score (nSPS) is 22.8. The summed E-state index contributed by atoms with van der Waals surface area (Å²) in [7, 11) is 0. The van der Waals surface area contributed by atoms with E-state index in [1.165, 1.54) is 12.8 Å². The number of hydrogen-bond acceptors (Lipinski definition) is 2. The van der Waals surface area contributed by atoms with Crippen molar-refractivity contribution in [2.75, 3.05) is 19.7 Å². The van der Waals surface area contributed by atoms with Crippen LogP contribution in [0.5, 0.6) is 0 Å². The molecule has 0 spiro atoms. The maximum Gasteiger partial charge on any atom is 0.0588 e. The van der Waals surface area contributed by atoms with Gasteiger partial charge < -0.3 is 10.1 Å². The molecule has 1 rings (SSSR count). The first-order valence-corrected chi connectivity index (χ1v) is 4.86. The summed E-state index contributed by atoms with van der Waals surface area (Å²) in [6, 6.07) is 0. The number of rotatable bonds is 6. The molecule has 1 aliphatic heterocycles. The van der Waals surface area contributed by atoms with Crippen LogP contribution in [0.1, 0.15) is 25.7 Å². The van der Waals surface area contributed by atoms with E-state index >= 15 is 0 Å². The fraction of sp³-hybridized carbons (Fsp3) is 0.800. The minimum Gasteiger partial charge on any atom is -0.378 e. The monoisotopic (exact) mass is 169 g/mol. The third-order valence-corrected chi connectivity index (χ3v) is 2.19. The van der Waals surface area contributed by atoms with E-state index in [1.54, 1.807) is 0 Å². The summed E-state index contributed by atoms with van der Waals surface area (Å²) in [5.41, 5.74) is 0. The third-order valence-electron chi connectivity index (χ3n) is 2.19. The van der Waals surface area contributed by atoms with Gasteiger partial charge in [0.1, 0.15) is 0 Å². The number of ether oxygens (including phenoxy) is 1. The Bertz CT molecular complexity index is 119. The molecule has 0 aliphatic carbocycles. The second-order valence-corrected chi connectivity index (χ2v) is 3.25. The molecule has 1 unspecified atom stereocenters. The zero-order chi connectivity index (χ0) is 8.65. The van der Waals surface area contributed by atoms with Crippen LogP contribution in [0.25, 0.3) is 0 Å². The summed E-state index contributed by atoms with van der Waals surface area (Å²) in [6.45, 7) is 6.77. The van der Waals surface area contributed by atoms with Gasteiger partial charge in [-0.05, 0) is 38.8 Å². The average molecular weight is 169 g/mol. The molecule has 1 heterocycles. The van der Waals surface area contributed by atoms with Crippen LogP contribution < -0.4 is 5.32 Å². The Morgan fingerprint density at radius 3 is 3.08 bits per heavy atom. The minimum absolute atomic E-state index is 0.529. The van der Waals surface area contributed by atoms with E-state index in [9.17, 15) is 0 Å². The summed E-state index contributed by atoms with van der Waals surface area (Å²) in [5.74, 6) is 0. The lowest BCUT2D eigenvalue weighted by Gasteiger charge is -2.08. The smallest absolute Gasteiger partial charge is 0.0588 e. The fourth-order valence-electron chi connectivity index (χ4n) is 1.46. The van der Waals surface area contributed by atoms with Gasteiger partial charge in [0.15, 0.2) is 0 Å². The van der Waals surface area contributed by atoms with Gasteiger partial charge in [0.05, 0.1) is 6.10 Å². The van der Waals surface area contributed by atoms with Crippen LogP contribution in [0.2, 0.25) is 0 Å². The van der Waals surface area contributed by atoms with E-state index in [1.807, 2.05) is 6.08 Å². The predicted octanol–water partition coefficient (Wildman–Crippen LogP) is 1.72. The highest BCUT2D eigenvalue weighted by Gasteiger charge is 2.13. The first kappa shape index (κ1) is 9.75. The maximum absolute atomic E-state index is 5.50. The molecule has 0 bridgehead atoms. The van der Waals surface area contributed by atoms with Gasteiger partial charge in [-0.15, -0.1) is 6.58 Å².